The van der Waals surface area contributed by atoms with Crippen LogP contribution in [0.2, 0.25) is 5.15 Å². The Hall–Kier alpha value is -1.21. The first-order valence-electron chi connectivity index (χ1n) is 8.01. The molecule has 0 N–H and O–H groups in total. The summed E-state index contributed by atoms with van der Waals surface area (Å²) >= 11 is 5.97. The van der Waals surface area contributed by atoms with Gasteiger partial charge < -0.3 is 9.64 Å². The smallest absolute Gasteiger partial charge is 0.410 e. The fourth-order valence-electron chi connectivity index (χ4n) is 2.50. The predicted octanol–water partition coefficient (Wildman–Crippen LogP) is 3.19. The first kappa shape index (κ1) is 19.1. The third-order valence-electron chi connectivity index (χ3n) is 3.65. The molecule has 1 aliphatic rings. The molecule has 0 radical (unpaired) electrons. The van der Waals surface area contributed by atoms with Crippen molar-refractivity contribution in [2.24, 2.45) is 5.92 Å². The molecular formula is C16H24ClN3O3S. The fraction of sp³-hybridized carbons (Fsp3) is 0.688. The Morgan fingerprint density at radius 3 is 2.83 bits per heavy atom. The van der Waals surface area contributed by atoms with Gasteiger partial charge in [-0.3, -0.25) is 4.21 Å². The highest BCUT2D eigenvalue weighted by Crippen LogP contribution is 2.21. The van der Waals surface area contributed by atoms with Crippen LogP contribution >= 0.6 is 11.6 Å². The molecule has 24 heavy (non-hydrogen) atoms. The van der Waals surface area contributed by atoms with Crippen molar-refractivity contribution in [2.45, 2.75) is 51.3 Å². The lowest BCUT2D eigenvalue weighted by Crippen LogP contribution is -2.44. The predicted molar refractivity (Wildman–Crippen MR) is 93.6 cm³/mol. The van der Waals surface area contributed by atoms with Gasteiger partial charge in [-0.15, -0.1) is 0 Å². The Kier molecular flexibility index (Phi) is 6.20. The molecule has 1 aliphatic heterocycles. The van der Waals surface area contributed by atoms with Gasteiger partial charge in [0.25, 0.3) is 0 Å². The van der Waals surface area contributed by atoms with Gasteiger partial charge in [-0.1, -0.05) is 11.6 Å². The summed E-state index contributed by atoms with van der Waals surface area (Å²) < 4.78 is 17.9. The average Bonchev–Trinajstić information content (AvgIpc) is 2.48. The number of ether oxygens (including phenoxy) is 1. The maximum Gasteiger partial charge on any atom is 0.410 e. The standard InChI is InChI=1S/C16H24ClN3O3S/c1-11-8-18-14(19-13(11)17)24(22)10-12-6-5-7-20(9-12)15(21)23-16(2,3)4/h8,12H,5-7,9-10H2,1-4H3/t12-,24-/m0/s1. The highest BCUT2D eigenvalue weighted by atomic mass is 35.5. The SMILES string of the molecule is Cc1cnc([S@@](=O)C[C@H]2CCCN(C(=O)OC(C)(C)C)C2)nc1Cl. The highest BCUT2D eigenvalue weighted by molar-refractivity contribution is 7.84. The van der Waals surface area contributed by atoms with E-state index in [1.54, 1.807) is 18.0 Å². The zero-order chi connectivity index (χ0) is 17.9. The van der Waals surface area contributed by atoms with E-state index in [4.69, 9.17) is 16.3 Å². The molecule has 1 aromatic heterocycles. The van der Waals surface area contributed by atoms with Crippen molar-refractivity contribution in [3.63, 3.8) is 0 Å². The minimum absolute atomic E-state index is 0.135. The minimum Gasteiger partial charge on any atom is -0.444 e. The number of halogens is 1. The lowest BCUT2D eigenvalue weighted by Gasteiger charge is -2.33. The zero-order valence-corrected chi connectivity index (χ0v) is 16.1. The van der Waals surface area contributed by atoms with E-state index >= 15 is 0 Å². The first-order chi connectivity index (χ1) is 11.2. The quantitative estimate of drug-likeness (QED) is 0.601. The molecule has 0 unspecified atom stereocenters. The van der Waals surface area contributed by atoms with Crippen LogP contribution in [0.5, 0.6) is 0 Å². The molecule has 2 heterocycles. The second-order valence-electron chi connectivity index (χ2n) is 7.07. The van der Waals surface area contributed by atoms with E-state index < -0.39 is 16.4 Å². The largest absolute Gasteiger partial charge is 0.444 e. The van der Waals surface area contributed by atoms with Crippen LogP contribution in [0, 0.1) is 12.8 Å². The van der Waals surface area contributed by atoms with Crippen LogP contribution in [0.4, 0.5) is 4.79 Å². The zero-order valence-electron chi connectivity index (χ0n) is 14.5. The monoisotopic (exact) mass is 373 g/mol. The molecule has 1 saturated heterocycles. The van der Waals surface area contributed by atoms with Gasteiger partial charge in [-0.2, -0.15) is 0 Å². The van der Waals surface area contributed by atoms with E-state index in [9.17, 15) is 9.00 Å². The first-order valence-corrected chi connectivity index (χ1v) is 9.71. The molecule has 0 spiro atoms. The Balaban J connectivity index is 1.96. The van der Waals surface area contributed by atoms with Gasteiger partial charge in [0.15, 0.2) is 0 Å². The summed E-state index contributed by atoms with van der Waals surface area (Å²) in [4.78, 5) is 22.1. The van der Waals surface area contributed by atoms with E-state index in [1.807, 2.05) is 20.8 Å². The number of amides is 1. The molecule has 134 valence electrons. The van der Waals surface area contributed by atoms with Crippen LogP contribution in [0.3, 0.4) is 0 Å². The van der Waals surface area contributed by atoms with Crippen LogP contribution in [-0.4, -0.2) is 49.6 Å². The molecule has 1 amide bonds. The lowest BCUT2D eigenvalue weighted by atomic mass is 10.0. The molecule has 0 saturated carbocycles. The van der Waals surface area contributed by atoms with E-state index in [0.29, 0.717) is 24.0 Å². The van der Waals surface area contributed by atoms with Crippen molar-refractivity contribution >= 4 is 28.5 Å². The van der Waals surface area contributed by atoms with Gasteiger partial charge in [0.1, 0.15) is 10.8 Å². The van der Waals surface area contributed by atoms with Crippen molar-refractivity contribution in [2.75, 3.05) is 18.8 Å². The van der Waals surface area contributed by atoms with Gasteiger partial charge in [0.05, 0.1) is 10.8 Å². The highest BCUT2D eigenvalue weighted by Gasteiger charge is 2.29. The van der Waals surface area contributed by atoms with E-state index in [0.717, 1.165) is 18.4 Å². The summed E-state index contributed by atoms with van der Waals surface area (Å²) in [5, 5.41) is 0.576. The molecule has 0 bridgehead atoms. The van der Waals surface area contributed by atoms with Crippen LogP contribution in [0.15, 0.2) is 11.4 Å². The number of aromatic nitrogens is 2. The number of nitrogens with zero attached hydrogens (tertiary/aromatic N) is 3. The van der Waals surface area contributed by atoms with Crippen LogP contribution in [0.25, 0.3) is 0 Å². The average molecular weight is 374 g/mol. The summed E-state index contributed by atoms with van der Waals surface area (Å²) in [6.07, 6.45) is 3.06. The number of carbonyl (C=O) groups is 1. The molecule has 1 aromatic rings. The number of piperidine rings is 1. The number of likely N-dealkylation sites (tertiary alicyclic amines) is 1. The van der Waals surface area contributed by atoms with Gasteiger partial charge in [-0.05, 0) is 46.5 Å². The number of hydrogen-bond donors (Lipinski definition) is 0. The topological polar surface area (TPSA) is 72.4 Å². The molecule has 0 aromatic carbocycles. The van der Waals surface area contributed by atoms with Crippen LogP contribution < -0.4 is 0 Å². The Morgan fingerprint density at radius 1 is 1.50 bits per heavy atom. The number of hydrogen-bond acceptors (Lipinski definition) is 5. The summed E-state index contributed by atoms with van der Waals surface area (Å²) in [5.74, 6) is 0.550. The maximum atomic E-state index is 12.5. The van der Waals surface area contributed by atoms with Gasteiger partial charge in [0.2, 0.25) is 5.16 Å². The Labute approximate surface area is 150 Å². The van der Waals surface area contributed by atoms with Gasteiger partial charge >= 0.3 is 6.09 Å². The lowest BCUT2D eigenvalue weighted by molar-refractivity contribution is 0.0176. The van der Waals surface area contributed by atoms with E-state index in [1.165, 1.54) is 0 Å². The Morgan fingerprint density at radius 2 is 2.21 bits per heavy atom. The molecular weight excluding hydrogens is 350 g/mol. The summed E-state index contributed by atoms with van der Waals surface area (Å²) in [6, 6.07) is 0. The van der Waals surface area contributed by atoms with Crippen molar-refractivity contribution in [1.82, 2.24) is 14.9 Å². The van der Waals surface area contributed by atoms with Gasteiger partial charge in [0, 0.05) is 30.6 Å². The van der Waals surface area contributed by atoms with Gasteiger partial charge in [-0.25, -0.2) is 14.8 Å². The van der Waals surface area contributed by atoms with Crippen LogP contribution in [-0.2, 0) is 15.5 Å². The molecule has 0 aliphatic carbocycles. The molecule has 6 nitrogen and oxygen atoms in total. The van der Waals surface area contributed by atoms with E-state index in [2.05, 4.69) is 9.97 Å². The normalized spacial score (nSPS) is 19.9. The summed E-state index contributed by atoms with van der Waals surface area (Å²) in [6.45, 7) is 8.56. The maximum absolute atomic E-state index is 12.5. The molecule has 2 rings (SSSR count). The number of aryl methyl sites for hydroxylation is 1. The minimum atomic E-state index is -1.33. The molecule has 1 fully saturated rings. The molecule has 2 atom stereocenters. The van der Waals surface area contributed by atoms with E-state index in [-0.39, 0.29) is 17.2 Å². The number of rotatable bonds is 3. The van der Waals surface area contributed by atoms with Crippen molar-refractivity contribution in [3.8, 4) is 0 Å². The van der Waals surface area contributed by atoms with Crippen molar-refractivity contribution in [1.29, 1.82) is 0 Å². The van der Waals surface area contributed by atoms with Crippen molar-refractivity contribution < 1.29 is 13.7 Å². The fourth-order valence-corrected chi connectivity index (χ4v) is 3.89. The molecule has 8 heteroatoms. The Bertz CT molecular complexity index is 633. The second kappa shape index (κ2) is 7.78. The third-order valence-corrected chi connectivity index (χ3v) is 5.41. The summed E-state index contributed by atoms with van der Waals surface area (Å²) in [5.41, 5.74) is 0.241. The second-order valence-corrected chi connectivity index (χ2v) is 8.82. The third kappa shape index (κ3) is 5.41. The van der Waals surface area contributed by atoms with Crippen LogP contribution in [0.1, 0.15) is 39.2 Å². The summed E-state index contributed by atoms with van der Waals surface area (Å²) in [7, 11) is -1.33. The number of carbonyl (C=O) groups excluding carboxylic acids is 1. The van der Waals surface area contributed by atoms with Crippen molar-refractivity contribution in [3.05, 3.63) is 16.9 Å².